The molecule has 2 aromatic carbocycles. The lowest BCUT2D eigenvalue weighted by atomic mass is 9.84. The van der Waals surface area contributed by atoms with Crippen molar-refractivity contribution in [3.05, 3.63) is 117 Å². The Morgan fingerprint density at radius 2 is 0.756 bits per heavy atom. The molecule has 7 nitrogen and oxygen atoms in total. The summed E-state index contributed by atoms with van der Waals surface area (Å²) >= 11 is 0. The average molecular weight is 547 g/mol. The predicted octanol–water partition coefficient (Wildman–Crippen LogP) is 9.93. The Kier molecular flexibility index (Phi) is 8.67. The zero-order chi connectivity index (χ0) is 29.8. The Labute approximate surface area is 241 Å². The van der Waals surface area contributed by atoms with E-state index >= 15 is 0 Å². The van der Waals surface area contributed by atoms with Crippen molar-refractivity contribution in [3.63, 3.8) is 0 Å². The fourth-order valence-electron chi connectivity index (χ4n) is 4.61. The zero-order valence-corrected chi connectivity index (χ0v) is 24.8. The summed E-state index contributed by atoms with van der Waals surface area (Å²) in [6.07, 6.45) is 3.41. The largest absolute Gasteiger partial charge is 0.457 e. The first-order valence-electron chi connectivity index (χ1n) is 13.4. The normalized spacial score (nSPS) is 16.7. The number of ketones is 2. The minimum Gasteiger partial charge on any atom is -0.457 e. The van der Waals surface area contributed by atoms with E-state index in [0.29, 0.717) is 22.9 Å². The van der Waals surface area contributed by atoms with Gasteiger partial charge in [-0.2, -0.15) is 20.5 Å². The van der Waals surface area contributed by atoms with E-state index in [1.54, 1.807) is 12.4 Å². The summed E-state index contributed by atoms with van der Waals surface area (Å²) in [5.41, 5.74) is 9.91. The van der Waals surface area contributed by atoms with Crippen molar-refractivity contribution in [2.75, 3.05) is 0 Å². The lowest BCUT2D eigenvalue weighted by Gasteiger charge is -2.19. The summed E-state index contributed by atoms with van der Waals surface area (Å²) < 4.78 is 5.95. The highest BCUT2D eigenvalue weighted by molar-refractivity contribution is 6.11. The Hall–Kier alpha value is -4.78. The van der Waals surface area contributed by atoms with Crippen LogP contribution in [0.2, 0.25) is 0 Å². The van der Waals surface area contributed by atoms with Crippen LogP contribution in [0.25, 0.3) is 0 Å². The molecule has 0 aromatic heterocycles. The van der Waals surface area contributed by atoms with Crippen LogP contribution in [0.3, 0.4) is 0 Å². The molecule has 0 atom stereocenters. The number of allylic oxidation sites excluding steroid dienone is 10. The van der Waals surface area contributed by atoms with E-state index in [1.807, 2.05) is 104 Å². The maximum atomic E-state index is 12.3. The van der Waals surface area contributed by atoms with Gasteiger partial charge in [-0.15, -0.1) is 0 Å². The lowest BCUT2D eigenvalue weighted by Crippen LogP contribution is -2.13. The molecule has 4 rings (SSSR count). The minimum absolute atomic E-state index is 0.0845. The second-order valence-corrected chi connectivity index (χ2v) is 10.3. The van der Waals surface area contributed by atoms with Gasteiger partial charge in [0.1, 0.15) is 11.5 Å². The third-order valence-corrected chi connectivity index (χ3v) is 7.86. The van der Waals surface area contributed by atoms with Gasteiger partial charge in [-0.1, -0.05) is 0 Å². The third-order valence-electron chi connectivity index (χ3n) is 7.86. The van der Waals surface area contributed by atoms with Gasteiger partial charge in [0.15, 0.2) is 11.6 Å². The second kappa shape index (κ2) is 12.2. The number of benzene rings is 2. The van der Waals surface area contributed by atoms with Crippen LogP contribution in [-0.4, -0.2) is 11.6 Å². The highest BCUT2D eigenvalue weighted by Crippen LogP contribution is 2.33. The van der Waals surface area contributed by atoms with Crippen molar-refractivity contribution in [1.82, 2.24) is 0 Å². The Bertz CT molecular complexity index is 1490. The first-order valence-corrected chi connectivity index (χ1v) is 13.4. The van der Waals surface area contributed by atoms with Crippen molar-refractivity contribution >= 4 is 22.9 Å². The zero-order valence-electron chi connectivity index (χ0n) is 24.8. The molecule has 0 bridgehead atoms. The number of Topliss-reactive ketones (excluding diaryl/α,β-unsaturated/α-hetero) is 2. The summed E-state index contributed by atoms with van der Waals surface area (Å²) in [4.78, 5) is 24.6. The number of ether oxygens (including phenoxy) is 1. The first-order chi connectivity index (χ1) is 19.5. The van der Waals surface area contributed by atoms with Gasteiger partial charge >= 0.3 is 0 Å². The molecule has 0 saturated heterocycles. The fraction of sp³-hybridized carbons (Fsp3) is 0.235. The average Bonchev–Trinajstić information content (AvgIpc) is 2.98. The standard InChI is InChI=1S/C34H34N4O3/c1-19-23(5)33(39)24(6)20(2)31(19)17-35-37-27-9-13-29(14-10-27)41-30-15-11-28(12-16-30)38-36-18-32-21(3)25(7)34(40)26(8)22(32)4/h9-18H,1-8H3. The van der Waals surface area contributed by atoms with Crippen LogP contribution in [0, 0.1) is 0 Å². The van der Waals surface area contributed by atoms with Gasteiger partial charge in [0.05, 0.1) is 23.8 Å². The summed E-state index contributed by atoms with van der Waals surface area (Å²) in [6.45, 7) is 15.1. The van der Waals surface area contributed by atoms with Crippen molar-refractivity contribution in [1.29, 1.82) is 0 Å². The molecule has 0 spiro atoms. The van der Waals surface area contributed by atoms with Gasteiger partial charge in [-0.25, -0.2) is 0 Å². The van der Waals surface area contributed by atoms with Crippen molar-refractivity contribution in [3.8, 4) is 11.5 Å². The summed E-state index contributed by atoms with van der Waals surface area (Å²) in [7, 11) is 0. The van der Waals surface area contributed by atoms with E-state index in [-0.39, 0.29) is 11.6 Å². The topological polar surface area (TPSA) is 92.8 Å². The highest BCUT2D eigenvalue weighted by Gasteiger charge is 2.23. The van der Waals surface area contributed by atoms with E-state index in [2.05, 4.69) is 20.5 Å². The molecule has 0 saturated carbocycles. The molecule has 0 fully saturated rings. The minimum atomic E-state index is 0.0845. The lowest BCUT2D eigenvalue weighted by molar-refractivity contribution is -0.113. The first kappa shape index (κ1) is 29.2. The quantitative estimate of drug-likeness (QED) is 0.337. The highest BCUT2D eigenvalue weighted by atomic mass is 16.5. The van der Waals surface area contributed by atoms with E-state index in [1.165, 1.54) is 0 Å². The van der Waals surface area contributed by atoms with Crippen LogP contribution in [0.4, 0.5) is 11.4 Å². The molecule has 0 amide bonds. The van der Waals surface area contributed by atoms with E-state index < -0.39 is 0 Å². The number of nitrogens with zero attached hydrogens (tertiary/aromatic N) is 4. The fourth-order valence-corrected chi connectivity index (χ4v) is 4.61. The molecular weight excluding hydrogens is 512 g/mol. The van der Waals surface area contributed by atoms with Crippen molar-refractivity contribution in [2.45, 2.75) is 55.4 Å². The van der Waals surface area contributed by atoms with Crippen LogP contribution < -0.4 is 4.74 Å². The number of azo groups is 2. The molecule has 0 aliphatic heterocycles. The van der Waals surface area contributed by atoms with E-state index in [9.17, 15) is 9.59 Å². The molecule has 2 aliphatic carbocycles. The summed E-state index contributed by atoms with van der Waals surface area (Å²) in [6, 6.07) is 14.6. The molecule has 0 radical (unpaired) electrons. The van der Waals surface area contributed by atoms with Crippen LogP contribution >= 0.6 is 0 Å². The van der Waals surface area contributed by atoms with Crippen molar-refractivity contribution in [2.24, 2.45) is 20.5 Å². The Balaban J connectivity index is 1.39. The monoisotopic (exact) mass is 546 g/mol. The van der Waals surface area contributed by atoms with Crippen molar-refractivity contribution < 1.29 is 14.3 Å². The number of hydrogen-bond donors (Lipinski definition) is 0. The Morgan fingerprint density at radius 1 is 0.463 bits per heavy atom. The van der Waals surface area contributed by atoms with Gasteiger partial charge in [0.25, 0.3) is 0 Å². The van der Waals surface area contributed by atoms with Gasteiger partial charge < -0.3 is 4.74 Å². The van der Waals surface area contributed by atoms with E-state index in [0.717, 1.165) is 55.7 Å². The van der Waals surface area contributed by atoms with Gasteiger partial charge in [-0.3, -0.25) is 9.59 Å². The van der Waals surface area contributed by atoms with Gasteiger partial charge in [0.2, 0.25) is 0 Å². The molecule has 0 heterocycles. The number of carbonyl (C=O) groups excluding carboxylic acids is 2. The predicted molar refractivity (Wildman–Crippen MR) is 162 cm³/mol. The molecular formula is C34H34N4O3. The number of hydrogen-bond acceptors (Lipinski definition) is 7. The Morgan fingerprint density at radius 3 is 1.05 bits per heavy atom. The molecule has 0 N–H and O–H groups in total. The molecule has 2 aromatic rings. The number of carbonyl (C=O) groups is 2. The third kappa shape index (κ3) is 6.19. The second-order valence-electron chi connectivity index (χ2n) is 10.3. The van der Waals surface area contributed by atoms with Gasteiger partial charge in [0, 0.05) is 33.4 Å². The molecule has 2 aliphatic rings. The maximum absolute atomic E-state index is 12.3. The van der Waals surface area contributed by atoms with Crippen LogP contribution in [0.5, 0.6) is 11.5 Å². The molecule has 0 unspecified atom stereocenters. The van der Waals surface area contributed by atoms with Gasteiger partial charge in [-0.05, 0) is 126 Å². The molecule has 208 valence electrons. The molecule has 41 heavy (non-hydrogen) atoms. The van der Waals surface area contributed by atoms with Crippen LogP contribution in [0.15, 0.2) is 137 Å². The SMILES string of the molecule is CC1=C(C)C(=CN=Nc2ccc(Oc3ccc(N=NC=C4C(C)=C(C)C(=O)C(C)=C4C)cc3)cc2)C(C)=C(C)C1=O. The van der Waals surface area contributed by atoms with Crippen LogP contribution in [0.1, 0.15) is 55.4 Å². The maximum Gasteiger partial charge on any atom is 0.184 e. The summed E-state index contributed by atoms with van der Waals surface area (Å²) in [5.74, 6) is 1.50. The van der Waals surface area contributed by atoms with E-state index in [4.69, 9.17) is 4.74 Å². The summed E-state index contributed by atoms with van der Waals surface area (Å²) in [5, 5.41) is 17.1. The number of rotatable bonds is 6. The smallest absolute Gasteiger partial charge is 0.184 e. The van der Waals surface area contributed by atoms with Crippen LogP contribution in [-0.2, 0) is 9.59 Å². The molecule has 7 heteroatoms.